The van der Waals surface area contributed by atoms with E-state index in [0.29, 0.717) is 26.1 Å². The number of urea groups is 1. The summed E-state index contributed by atoms with van der Waals surface area (Å²) in [5.74, 6) is 0. The largest absolute Gasteiger partial charge is 0.445 e. The molecule has 2 atom stereocenters. The van der Waals surface area contributed by atoms with Crippen LogP contribution in [0, 0.1) is 0 Å². The maximum Gasteiger partial charge on any atom is 0.407 e. The number of primary amides is 1. The Labute approximate surface area is 135 Å². The third-order valence-corrected chi connectivity index (χ3v) is 3.77. The van der Waals surface area contributed by atoms with Crippen LogP contribution in [-0.2, 0) is 16.1 Å². The molecule has 0 bridgehead atoms. The van der Waals surface area contributed by atoms with Crippen molar-refractivity contribution >= 4 is 12.1 Å². The topological polar surface area (TPSA) is 93.9 Å². The molecular weight excluding hydrogens is 298 g/mol. The first-order valence-corrected chi connectivity index (χ1v) is 7.73. The first-order chi connectivity index (χ1) is 11.1. The molecule has 1 heterocycles. The lowest BCUT2D eigenvalue weighted by molar-refractivity contribution is -0.00599. The summed E-state index contributed by atoms with van der Waals surface area (Å²) in [6.07, 6.45) is -0.199. The number of hydrogen-bond donors (Lipinski definition) is 2. The van der Waals surface area contributed by atoms with Gasteiger partial charge in [-0.25, -0.2) is 9.59 Å². The Morgan fingerprint density at radius 3 is 2.74 bits per heavy atom. The van der Waals surface area contributed by atoms with Crippen LogP contribution in [0.3, 0.4) is 0 Å². The van der Waals surface area contributed by atoms with Gasteiger partial charge in [-0.2, -0.15) is 0 Å². The molecule has 2 rings (SSSR count). The van der Waals surface area contributed by atoms with Gasteiger partial charge >= 0.3 is 12.1 Å². The Morgan fingerprint density at radius 2 is 2.09 bits per heavy atom. The number of alkyl carbamates (subject to hydrolysis) is 1. The van der Waals surface area contributed by atoms with Crippen molar-refractivity contribution in [2.24, 2.45) is 5.73 Å². The van der Waals surface area contributed by atoms with Crippen LogP contribution in [0.15, 0.2) is 30.3 Å². The van der Waals surface area contributed by atoms with Crippen molar-refractivity contribution in [2.75, 3.05) is 19.7 Å². The highest BCUT2D eigenvalue weighted by Crippen LogP contribution is 2.14. The third kappa shape index (κ3) is 5.14. The zero-order chi connectivity index (χ0) is 16.7. The van der Waals surface area contributed by atoms with Gasteiger partial charge in [0.2, 0.25) is 0 Å². The number of benzene rings is 1. The summed E-state index contributed by atoms with van der Waals surface area (Å²) in [5, 5.41) is 2.82. The molecule has 0 unspecified atom stereocenters. The Bertz CT molecular complexity index is 523. The predicted molar refractivity (Wildman–Crippen MR) is 84.7 cm³/mol. The highest BCUT2D eigenvalue weighted by molar-refractivity contribution is 5.72. The van der Waals surface area contributed by atoms with Gasteiger partial charge in [-0.15, -0.1) is 0 Å². The van der Waals surface area contributed by atoms with Crippen molar-refractivity contribution in [3.63, 3.8) is 0 Å². The molecule has 3 N–H and O–H groups in total. The molecule has 0 aromatic heterocycles. The maximum atomic E-state index is 12.0. The summed E-state index contributed by atoms with van der Waals surface area (Å²) in [4.78, 5) is 24.8. The molecule has 1 aromatic carbocycles. The monoisotopic (exact) mass is 321 g/mol. The van der Waals surface area contributed by atoms with Gasteiger partial charge in [0.25, 0.3) is 0 Å². The Hall–Kier alpha value is -2.28. The number of hydrogen-bond acceptors (Lipinski definition) is 4. The lowest BCUT2D eigenvalue weighted by Crippen LogP contribution is -2.57. The van der Waals surface area contributed by atoms with Gasteiger partial charge in [0.15, 0.2) is 0 Å². The lowest BCUT2D eigenvalue weighted by atomic mass is 10.0. The summed E-state index contributed by atoms with van der Waals surface area (Å²) in [6.45, 7) is 3.43. The zero-order valence-electron chi connectivity index (χ0n) is 13.2. The van der Waals surface area contributed by atoms with Crippen LogP contribution in [0.4, 0.5) is 9.59 Å². The summed E-state index contributed by atoms with van der Waals surface area (Å²) in [7, 11) is 0. The minimum Gasteiger partial charge on any atom is -0.445 e. The molecule has 0 spiro atoms. The van der Waals surface area contributed by atoms with Crippen molar-refractivity contribution in [3.05, 3.63) is 35.9 Å². The van der Waals surface area contributed by atoms with Crippen LogP contribution in [0.2, 0.25) is 0 Å². The van der Waals surface area contributed by atoms with Crippen molar-refractivity contribution < 1.29 is 19.1 Å². The smallest absolute Gasteiger partial charge is 0.407 e. The van der Waals surface area contributed by atoms with Gasteiger partial charge < -0.3 is 25.4 Å². The van der Waals surface area contributed by atoms with Crippen molar-refractivity contribution in [2.45, 2.75) is 32.1 Å². The summed E-state index contributed by atoms with van der Waals surface area (Å²) < 4.78 is 10.8. The van der Waals surface area contributed by atoms with Gasteiger partial charge in [-0.1, -0.05) is 30.3 Å². The first kappa shape index (κ1) is 17.1. The molecule has 0 saturated carbocycles. The fraction of sp³-hybridized carbons (Fsp3) is 0.500. The number of nitrogens with two attached hydrogens (primary N) is 1. The fourth-order valence-corrected chi connectivity index (χ4v) is 2.58. The summed E-state index contributed by atoms with van der Waals surface area (Å²) >= 11 is 0. The quantitative estimate of drug-likeness (QED) is 0.858. The molecule has 3 amide bonds. The van der Waals surface area contributed by atoms with E-state index in [4.69, 9.17) is 15.2 Å². The predicted octanol–water partition coefficient (Wildman–Crippen LogP) is 1.47. The second kappa shape index (κ2) is 8.38. The molecule has 1 aliphatic heterocycles. The average molecular weight is 321 g/mol. The molecule has 0 aliphatic carbocycles. The number of piperidine rings is 1. The number of nitrogens with zero attached hydrogens (tertiary/aromatic N) is 1. The van der Waals surface area contributed by atoms with E-state index in [1.54, 1.807) is 0 Å². The van der Waals surface area contributed by atoms with Crippen LogP contribution in [0.1, 0.15) is 18.9 Å². The summed E-state index contributed by atoms with van der Waals surface area (Å²) in [5.41, 5.74) is 6.23. The van der Waals surface area contributed by atoms with Crippen LogP contribution in [-0.4, -0.2) is 48.9 Å². The molecule has 7 heteroatoms. The van der Waals surface area contributed by atoms with Crippen LogP contribution in [0.25, 0.3) is 0 Å². The van der Waals surface area contributed by atoms with E-state index >= 15 is 0 Å². The molecule has 1 fully saturated rings. The average Bonchev–Trinajstić information content (AvgIpc) is 2.55. The van der Waals surface area contributed by atoms with E-state index < -0.39 is 12.1 Å². The van der Waals surface area contributed by atoms with Gasteiger partial charge in [0.05, 0.1) is 18.7 Å². The van der Waals surface area contributed by atoms with Crippen molar-refractivity contribution in [3.8, 4) is 0 Å². The molecule has 126 valence electrons. The second-order valence-electron chi connectivity index (χ2n) is 5.38. The molecular formula is C16H23N3O4. The number of amides is 3. The van der Waals surface area contributed by atoms with Gasteiger partial charge in [0.1, 0.15) is 6.61 Å². The molecule has 23 heavy (non-hydrogen) atoms. The highest BCUT2D eigenvalue weighted by atomic mass is 16.5. The van der Waals surface area contributed by atoms with Crippen molar-refractivity contribution in [1.29, 1.82) is 0 Å². The normalized spacial score (nSPS) is 20.8. The number of likely N-dealkylation sites (tertiary alicyclic amines) is 1. The van der Waals surface area contributed by atoms with Crippen molar-refractivity contribution in [1.82, 2.24) is 10.2 Å². The van der Waals surface area contributed by atoms with E-state index in [0.717, 1.165) is 5.56 Å². The number of ether oxygens (including phenoxy) is 2. The number of carbonyl (C=O) groups excluding carboxylic acids is 2. The molecule has 1 aromatic rings. The Balaban J connectivity index is 1.84. The molecule has 7 nitrogen and oxygen atoms in total. The van der Waals surface area contributed by atoms with E-state index in [2.05, 4.69) is 5.32 Å². The standard InChI is InChI=1S/C16H23N3O4/c1-2-22-14-10-19(15(17)20)9-8-13(14)18-16(21)23-11-12-6-4-3-5-7-12/h3-7,13-14H,2,8-11H2,1H3,(H2,17,20)(H,18,21)/t13-,14+/m1/s1. The first-order valence-electron chi connectivity index (χ1n) is 7.73. The van der Waals surface area contributed by atoms with Crippen LogP contribution < -0.4 is 11.1 Å². The third-order valence-electron chi connectivity index (χ3n) is 3.77. The SMILES string of the molecule is CCO[C@H]1CN(C(N)=O)CC[C@H]1NC(=O)OCc1ccccc1. The highest BCUT2D eigenvalue weighted by Gasteiger charge is 2.32. The molecule has 1 saturated heterocycles. The number of rotatable bonds is 5. The zero-order valence-corrected chi connectivity index (χ0v) is 13.2. The number of carbonyl (C=O) groups is 2. The fourth-order valence-electron chi connectivity index (χ4n) is 2.58. The Kier molecular flexibility index (Phi) is 6.22. The minimum absolute atomic E-state index is 0.200. The summed E-state index contributed by atoms with van der Waals surface area (Å²) in [6, 6.07) is 8.79. The second-order valence-corrected chi connectivity index (χ2v) is 5.38. The van der Waals surface area contributed by atoms with Crippen LogP contribution >= 0.6 is 0 Å². The van der Waals surface area contributed by atoms with E-state index in [-0.39, 0.29) is 18.8 Å². The van der Waals surface area contributed by atoms with E-state index in [9.17, 15) is 9.59 Å². The number of nitrogens with one attached hydrogen (secondary N) is 1. The van der Waals surface area contributed by atoms with Crippen LogP contribution in [0.5, 0.6) is 0 Å². The van der Waals surface area contributed by atoms with Gasteiger partial charge in [0, 0.05) is 13.2 Å². The maximum absolute atomic E-state index is 12.0. The lowest BCUT2D eigenvalue weighted by Gasteiger charge is -2.37. The minimum atomic E-state index is -0.490. The van der Waals surface area contributed by atoms with E-state index in [1.807, 2.05) is 37.3 Å². The van der Waals surface area contributed by atoms with Gasteiger partial charge in [-0.3, -0.25) is 0 Å². The van der Waals surface area contributed by atoms with Gasteiger partial charge in [-0.05, 0) is 18.9 Å². The molecule has 0 radical (unpaired) electrons. The Morgan fingerprint density at radius 1 is 1.35 bits per heavy atom. The molecule has 1 aliphatic rings. The van der Waals surface area contributed by atoms with E-state index in [1.165, 1.54) is 4.90 Å².